The molecule has 2 aromatic rings. The Labute approximate surface area is 136 Å². The van der Waals surface area contributed by atoms with Gasteiger partial charge in [-0.3, -0.25) is 9.69 Å². The molecule has 2 heterocycles. The lowest BCUT2D eigenvalue weighted by Gasteiger charge is -2.32. The van der Waals surface area contributed by atoms with Crippen LogP contribution in [0.3, 0.4) is 0 Å². The number of rotatable bonds is 4. The van der Waals surface area contributed by atoms with Gasteiger partial charge in [-0.05, 0) is 44.0 Å². The van der Waals surface area contributed by atoms with Gasteiger partial charge in [-0.1, -0.05) is 12.1 Å². The number of hydrogen-bond donors (Lipinski definition) is 1. The highest BCUT2D eigenvalue weighted by Gasteiger charge is 2.23. The van der Waals surface area contributed by atoms with Crippen LogP contribution in [0.5, 0.6) is 5.75 Å². The van der Waals surface area contributed by atoms with Gasteiger partial charge in [-0.15, -0.1) is 0 Å². The summed E-state index contributed by atoms with van der Waals surface area (Å²) in [7, 11) is 1.68. The van der Waals surface area contributed by atoms with Crippen LogP contribution in [0.15, 0.2) is 35.1 Å². The minimum Gasteiger partial charge on any atom is -0.497 e. The number of aromatic nitrogens is 2. The Bertz CT molecular complexity index is 709. The quantitative estimate of drug-likeness (QED) is 0.942. The molecule has 1 aliphatic heterocycles. The fourth-order valence-corrected chi connectivity index (χ4v) is 3.21. The standard InChI is InChI=1S/C18H23N3O2/c1-13-10-17(22)20-18(19-13)15-4-3-9-21(12-15)11-14-5-7-16(23-2)8-6-14/h5-8,10,15H,3-4,9,11-12H2,1-2H3,(H,19,20,22)/t15-/m1/s1. The first-order chi connectivity index (χ1) is 11.1. The van der Waals surface area contributed by atoms with Crippen LogP contribution in [0, 0.1) is 6.92 Å². The van der Waals surface area contributed by atoms with E-state index in [-0.39, 0.29) is 5.56 Å². The van der Waals surface area contributed by atoms with E-state index in [0.717, 1.165) is 49.7 Å². The lowest BCUT2D eigenvalue weighted by molar-refractivity contribution is 0.196. The van der Waals surface area contributed by atoms with Gasteiger partial charge in [0.05, 0.1) is 7.11 Å². The molecular weight excluding hydrogens is 290 g/mol. The van der Waals surface area contributed by atoms with Crippen LogP contribution in [-0.2, 0) is 6.54 Å². The molecule has 1 aromatic heterocycles. The fraction of sp³-hybridized carbons (Fsp3) is 0.444. The van der Waals surface area contributed by atoms with Gasteiger partial charge in [0.2, 0.25) is 0 Å². The topological polar surface area (TPSA) is 58.2 Å². The van der Waals surface area contributed by atoms with E-state index in [2.05, 4.69) is 27.0 Å². The summed E-state index contributed by atoms with van der Waals surface area (Å²) in [5.74, 6) is 2.01. The number of nitrogens with zero attached hydrogens (tertiary/aromatic N) is 2. The molecule has 5 nitrogen and oxygen atoms in total. The third kappa shape index (κ3) is 3.99. The Hall–Kier alpha value is -2.14. The van der Waals surface area contributed by atoms with E-state index in [0.29, 0.717) is 5.92 Å². The van der Waals surface area contributed by atoms with E-state index >= 15 is 0 Å². The second kappa shape index (κ2) is 6.96. The third-order valence-electron chi connectivity index (χ3n) is 4.35. The summed E-state index contributed by atoms with van der Waals surface area (Å²) in [6, 6.07) is 9.75. The minimum absolute atomic E-state index is 0.0558. The normalized spacial score (nSPS) is 18.8. The summed E-state index contributed by atoms with van der Waals surface area (Å²) >= 11 is 0. The predicted octanol–water partition coefficient (Wildman–Crippen LogP) is 2.47. The van der Waals surface area contributed by atoms with Crippen LogP contribution in [0.4, 0.5) is 0 Å². The Morgan fingerprint density at radius 1 is 1.35 bits per heavy atom. The van der Waals surface area contributed by atoms with Crippen molar-refractivity contribution in [2.24, 2.45) is 0 Å². The summed E-state index contributed by atoms with van der Waals surface area (Å²) in [5, 5.41) is 0. The van der Waals surface area contributed by atoms with Crippen LogP contribution in [0.25, 0.3) is 0 Å². The number of piperidine rings is 1. The lowest BCUT2D eigenvalue weighted by Crippen LogP contribution is -2.35. The molecule has 122 valence electrons. The number of H-pyrrole nitrogens is 1. The molecule has 0 amide bonds. The monoisotopic (exact) mass is 313 g/mol. The SMILES string of the molecule is COc1ccc(CN2CCC[C@@H](c3nc(C)cc(=O)[nH]3)C2)cc1. The fourth-order valence-electron chi connectivity index (χ4n) is 3.21. The number of aryl methyl sites for hydroxylation is 1. The van der Waals surface area contributed by atoms with Gasteiger partial charge in [0.25, 0.3) is 5.56 Å². The number of methoxy groups -OCH3 is 1. The van der Waals surface area contributed by atoms with Crippen molar-refractivity contribution in [2.75, 3.05) is 20.2 Å². The van der Waals surface area contributed by atoms with Crippen molar-refractivity contribution in [3.63, 3.8) is 0 Å². The molecule has 1 aromatic carbocycles. The Morgan fingerprint density at radius 2 is 2.13 bits per heavy atom. The molecule has 1 aliphatic rings. The summed E-state index contributed by atoms with van der Waals surface area (Å²) < 4.78 is 5.20. The highest BCUT2D eigenvalue weighted by atomic mass is 16.5. The van der Waals surface area contributed by atoms with Crippen LogP contribution < -0.4 is 10.3 Å². The van der Waals surface area contributed by atoms with Gasteiger partial charge < -0.3 is 9.72 Å². The maximum atomic E-state index is 11.7. The molecule has 1 atom stereocenters. The smallest absolute Gasteiger partial charge is 0.251 e. The first-order valence-electron chi connectivity index (χ1n) is 8.07. The van der Waals surface area contributed by atoms with E-state index < -0.39 is 0 Å². The van der Waals surface area contributed by atoms with Crippen molar-refractivity contribution < 1.29 is 4.74 Å². The zero-order chi connectivity index (χ0) is 16.2. The number of benzene rings is 1. The number of ether oxygens (including phenoxy) is 1. The van der Waals surface area contributed by atoms with Crippen molar-refractivity contribution in [2.45, 2.75) is 32.2 Å². The third-order valence-corrected chi connectivity index (χ3v) is 4.35. The van der Waals surface area contributed by atoms with E-state index in [1.807, 2.05) is 19.1 Å². The van der Waals surface area contributed by atoms with E-state index in [1.54, 1.807) is 13.2 Å². The highest BCUT2D eigenvalue weighted by Crippen LogP contribution is 2.25. The molecule has 1 fully saturated rings. The second-order valence-corrected chi connectivity index (χ2v) is 6.19. The summed E-state index contributed by atoms with van der Waals surface area (Å²) in [6.07, 6.45) is 2.20. The zero-order valence-electron chi connectivity index (χ0n) is 13.7. The van der Waals surface area contributed by atoms with Gasteiger partial charge in [0.1, 0.15) is 11.6 Å². The molecule has 0 bridgehead atoms. The van der Waals surface area contributed by atoms with E-state index in [9.17, 15) is 4.79 Å². The average Bonchev–Trinajstić information content (AvgIpc) is 2.55. The van der Waals surface area contributed by atoms with Crippen LogP contribution >= 0.6 is 0 Å². The van der Waals surface area contributed by atoms with Gasteiger partial charge in [-0.2, -0.15) is 0 Å². The molecule has 1 saturated heterocycles. The highest BCUT2D eigenvalue weighted by molar-refractivity contribution is 5.27. The van der Waals surface area contributed by atoms with Crippen molar-refractivity contribution in [3.8, 4) is 5.75 Å². The zero-order valence-corrected chi connectivity index (χ0v) is 13.7. The largest absolute Gasteiger partial charge is 0.497 e. The van der Waals surface area contributed by atoms with Crippen molar-refractivity contribution in [1.29, 1.82) is 0 Å². The Balaban J connectivity index is 1.68. The van der Waals surface area contributed by atoms with Crippen molar-refractivity contribution in [3.05, 3.63) is 57.8 Å². The second-order valence-electron chi connectivity index (χ2n) is 6.19. The van der Waals surface area contributed by atoms with Crippen LogP contribution in [0.2, 0.25) is 0 Å². The molecular formula is C18H23N3O2. The summed E-state index contributed by atoms with van der Waals surface area (Å²) in [4.78, 5) is 21.5. The number of nitrogens with one attached hydrogen (secondary N) is 1. The molecule has 3 rings (SSSR count). The molecule has 0 saturated carbocycles. The molecule has 0 aliphatic carbocycles. The van der Waals surface area contributed by atoms with E-state index in [4.69, 9.17) is 4.74 Å². The number of aromatic amines is 1. The Morgan fingerprint density at radius 3 is 2.83 bits per heavy atom. The number of likely N-dealkylation sites (tertiary alicyclic amines) is 1. The van der Waals surface area contributed by atoms with Crippen LogP contribution in [0.1, 0.15) is 35.8 Å². The Kier molecular flexibility index (Phi) is 4.76. The molecule has 0 unspecified atom stereocenters. The molecule has 23 heavy (non-hydrogen) atoms. The maximum absolute atomic E-state index is 11.7. The van der Waals surface area contributed by atoms with Gasteiger partial charge in [0.15, 0.2) is 0 Å². The minimum atomic E-state index is -0.0558. The van der Waals surface area contributed by atoms with Gasteiger partial charge in [0, 0.05) is 30.8 Å². The first kappa shape index (κ1) is 15.7. The summed E-state index contributed by atoms with van der Waals surface area (Å²) in [6.45, 7) is 4.80. The average molecular weight is 313 g/mol. The lowest BCUT2D eigenvalue weighted by atomic mass is 9.96. The molecule has 5 heteroatoms. The molecule has 1 N–H and O–H groups in total. The van der Waals surface area contributed by atoms with Crippen molar-refractivity contribution in [1.82, 2.24) is 14.9 Å². The molecule has 0 spiro atoms. The summed E-state index contributed by atoms with van der Waals surface area (Å²) in [5.41, 5.74) is 2.01. The number of hydrogen-bond acceptors (Lipinski definition) is 4. The molecule has 0 radical (unpaired) electrons. The predicted molar refractivity (Wildman–Crippen MR) is 89.8 cm³/mol. The first-order valence-corrected chi connectivity index (χ1v) is 8.07. The van der Waals surface area contributed by atoms with Crippen LogP contribution in [-0.4, -0.2) is 35.1 Å². The van der Waals surface area contributed by atoms with E-state index in [1.165, 1.54) is 5.56 Å². The van der Waals surface area contributed by atoms with Crippen molar-refractivity contribution >= 4 is 0 Å². The van der Waals surface area contributed by atoms with Gasteiger partial charge in [-0.25, -0.2) is 4.98 Å². The van der Waals surface area contributed by atoms with Gasteiger partial charge >= 0.3 is 0 Å². The maximum Gasteiger partial charge on any atom is 0.251 e.